The molecule has 5 rings (SSSR count). The SMILES string of the molecule is O=C(O)[C@@H]1C[C@H]2C[C@@H](Oc3cc(-c4ccc(Cl)cc4)ccc3-c3nn[nH]n3)CC[C@H]2CN1. The summed E-state index contributed by atoms with van der Waals surface area (Å²) in [6, 6.07) is 13.2. The smallest absolute Gasteiger partial charge is 0.320 e. The van der Waals surface area contributed by atoms with Gasteiger partial charge in [-0.3, -0.25) is 4.79 Å². The van der Waals surface area contributed by atoms with E-state index in [0.717, 1.165) is 42.5 Å². The molecule has 32 heavy (non-hydrogen) atoms. The fraction of sp³-hybridized carbons (Fsp3) is 0.391. The van der Waals surface area contributed by atoms with Crippen molar-refractivity contribution in [2.45, 2.75) is 37.8 Å². The topological polar surface area (TPSA) is 113 Å². The number of aliphatic carboxylic acids is 1. The molecule has 9 heteroatoms. The molecule has 2 heterocycles. The first kappa shape index (κ1) is 20.9. The minimum atomic E-state index is -0.776. The van der Waals surface area contributed by atoms with Crippen LogP contribution in [0.3, 0.4) is 0 Å². The molecule has 1 aromatic heterocycles. The van der Waals surface area contributed by atoms with Gasteiger partial charge < -0.3 is 15.2 Å². The number of rotatable bonds is 5. The maximum absolute atomic E-state index is 11.4. The lowest BCUT2D eigenvalue weighted by Crippen LogP contribution is -2.50. The van der Waals surface area contributed by atoms with Crippen LogP contribution in [0, 0.1) is 11.8 Å². The van der Waals surface area contributed by atoms with Crippen molar-refractivity contribution in [3.63, 3.8) is 0 Å². The van der Waals surface area contributed by atoms with Gasteiger partial charge in [0.25, 0.3) is 0 Å². The second-order valence-electron chi connectivity index (χ2n) is 8.56. The largest absolute Gasteiger partial charge is 0.490 e. The Balaban J connectivity index is 1.40. The normalized spacial score (nSPS) is 25.2. The fourth-order valence-corrected chi connectivity index (χ4v) is 5.02. The number of aromatic nitrogens is 4. The molecule has 2 aromatic carbocycles. The summed E-state index contributed by atoms with van der Waals surface area (Å²) >= 11 is 6.04. The third-order valence-corrected chi connectivity index (χ3v) is 6.85. The molecule has 3 N–H and O–H groups in total. The minimum Gasteiger partial charge on any atom is -0.490 e. The Labute approximate surface area is 190 Å². The van der Waals surface area contributed by atoms with Gasteiger partial charge in [-0.2, -0.15) is 5.21 Å². The van der Waals surface area contributed by atoms with E-state index in [4.69, 9.17) is 16.3 Å². The lowest BCUT2D eigenvalue weighted by molar-refractivity contribution is -0.141. The molecule has 4 atom stereocenters. The number of nitrogens with zero attached hydrogens (tertiary/aromatic N) is 3. The van der Waals surface area contributed by atoms with E-state index >= 15 is 0 Å². The molecule has 3 aromatic rings. The Morgan fingerprint density at radius 3 is 2.62 bits per heavy atom. The quantitative estimate of drug-likeness (QED) is 0.538. The van der Waals surface area contributed by atoms with Crippen molar-refractivity contribution >= 4 is 17.6 Å². The fourth-order valence-electron chi connectivity index (χ4n) is 4.90. The van der Waals surface area contributed by atoms with Crippen molar-refractivity contribution in [2.24, 2.45) is 11.8 Å². The first-order valence-electron chi connectivity index (χ1n) is 10.8. The molecular formula is C23H24ClN5O3. The molecule has 1 aliphatic carbocycles. The van der Waals surface area contributed by atoms with E-state index in [-0.39, 0.29) is 6.10 Å². The molecule has 0 amide bonds. The summed E-state index contributed by atoms with van der Waals surface area (Å²) in [5.74, 6) is 1.24. The molecule has 0 bridgehead atoms. The number of tetrazole rings is 1. The molecule has 0 unspecified atom stereocenters. The van der Waals surface area contributed by atoms with E-state index in [1.165, 1.54) is 0 Å². The minimum absolute atomic E-state index is 0.00918. The average Bonchev–Trinajstić information content (AvgIpc) is 3.34. The number of piperidine rings is 1. The van der Waals surface area contributed by atoms with E-state index in [9.17, 15) is 9.90 Å². The highest BCUT2D eigenvalue weighted by Crippen LogP contribution is 2.40. The van der Waals surface area contributed by atoms with Gasteiger partial charge in [-0.05, 0) is 84.7 Å². The van der Waals surface area contributed by atoms with E-state index in [2.05, 4.69) is 25.9 Å². The third kappa shape index (κ3) is 4.33. The Kier molecular flexibility index (Phi) is 5.80. The number of fused-ring (bicyclic) bond motifs is 1. The predicted octanol–water partition coefficient (Wildman–Crippen LogP) is 3.80. The summed E-state index contributed by atoms with van der Waals surface area (Å²) in [4.78, 5) is 11.4. The van der Waals surface area contributed by atoms with Gasteiger partial charge in [0.1, 0.15) is 11.8 Å². The van der Waals surface area contributed by atoms with Crippen molar-refractivity contribution in [2.75, 3.05) is 6.54 Å². The van der Waals surface area contributed by atoms with Gasteiger partial charge in [-0.1, -0.05) is 29.8 Å². The molecule has 8 nitrogen and oxygen atoms in total. The number of hydrogen-bond acceptors (Lipinski definition) is 6. The van der Waals surface area contributed by atoms with E-state index in [1.807, 2.05) is 42.5 Å². The maximum Gasteiger partial charge on any atom is 0.320 e. The van der Waals surface area contributed by atoms with Crippen LogP contribution in [0.25, 0.3) is 22.5 Å². The van der Waals surface area contributed by atoms with Crippen LogP contribution < -0.4 is 10.1 Å². The van der Waals surface area contributed by atoms with Crippen molar-refractivity contribution < 1.29 is 14.6 Å². The van der Waals surface area contributed by atoms with Crippen LogP contribution in [0.2, 0.25) is 5.02 Å². The zero-order valence-corrected chi connectivity index (χ0v) is 18.1. The van der Waals surface area contributed by atoms with E-state index in [1.54, 1.807) is 0 Å². The summed E-state index contributed by atoms with van der Waals surface area (Å²) in [6.07, 6.45) is 3.44. The number of ether oxygens (including phenoxy) is 1. The predicted molar refractivity (Wildman–Crippen MR) is 119 cm³/mol. The molecule has 2 aliphatic rings. The zero-order valence-electron chi connectivity index (χ0n) is 17.4. The monoisotopic (exact) mass is 453 g/mol. The highest BCUT2D eigenvalue weighted by Gasteiger charge is 2.38. The molecule has 0 radical (unpaired) electrons. The third-order valence-electron chi connectivity index (χ3n) is 6.59. The van der Waals surface area contributed by atoms with Crippen LogP contribution in [0.1, 0.15) is 25.7 Å². The Hall–Kier alpha value is -2.97. The van der Waals surface area contributed by atoms with Crippen molar-refractivity contribution in [1.82, 2.24) is 25.9 Å². The molecule has 0 spiro atoms. The molecule has 166 valence electrons. The Morgan fingerprint density at radius 2 is 1.88 bits per heavy atom. The highest BCUT2D eigenvalue weighted by atomic mass is 35.5. The number of H-pyrrole nitrogens is 1. The molecule has 1 saturated heterocycles. The Morgan fingerprint density at radius 1 is 1.06 bits per heavy atom. The van der Waals surface area contributed by atoms with Crippen LogP contribution in [0.15, 0.2) is 42.5 Å². The lowest BCUT2D eigenvalue weighted by Gasteiger charge is -2.41. The zero-order chi connectivity index (χ0) is 22.1. The summed E-state index contributed by atoms with van der Waals surface area (Å²) in [7, 11) is 0. The summed E-state index contributed by atoms with van der Waals surface area (Å²) in [5.41, 5.74) is 2.81. The number of carboxylic acids is 1. The average molecular weight is 454 g/mol. The van der Waals surface area contributed by atoms with Crippen LogP contribution in [-0.4, -0.2) is 50.4 Å². The number of aromatic amines is 1. The highest BCUT2D eigenvalue weighted by molar-refractivity contribution is 6.30. The van der Waals surface area contributed by atoms with Crippen LogP contribution in [0.4, 0.5) is 0 Å². The van der Waals surface area contributed by atoms with Gasteiger partial charge in [-0.25, -0.2) is 0 Å². The number of benzene rings is 2. The van der Waals surface area contributed by atoms with Gasteiger partial charge >= 0.3 is 5.97 Å². The molecule has 2 fully saturated rings. The van der Waals surface area contributed by atoms with Crippen LogP contribution >= 0.6 is 11.6 Å². The van der Waals surface area contributed by atoms with Crippen molar-refractivity contribution in [3.8, 4) is 28.3 Å². The van der Waals surface area contributed by atoms with Crippen LogP contribution in [-0.2, 0) is 4.79 Å². The molecule has 1 saturated carbocycles. The number of carbonyl (C=O) groups is 1. The number of carboxylic acid groups (broad SMARTS) is 1. The van der Waals surface area contributed by atoms with Gasteiger partial charge in [0.05, 0.1) is 11.7 Å². The molecule has 1 aliphatic heterocycles. The van der Waals surface area contributed by atoms with Crippen molar-refractivity contribution in [1.29, 1.82) is 0 Å². The van der Waals surface area contributed by atoms with E-state index < -0.39 is 12.0 Å². The first-order valence-corrected chi connectivity index (χ1v) is 11.2. The lowest BCUT2D eigenvalue weighted by atomic mass is 9.72. The molecular weight excluding hydrogens is 430 g/mol. The Bertz CT molecular complexity index is 1090. The first-order chi connectivity index (χ1) is 15.6. The van der Waals surface area contributed by atoms with Gasteiger partial charge in [-0.15, -0.1) is 10.2 Å². The number of nitrogens with one attached hydrogen (secondary N) is 2. The van der Waals surface area contributed by atoms with E-state index in [0.29, 0.717) is 34.9 Å². The van der Waals surface area contributed by atoms with Crippen molar-refractivity contribution in [3.05, 3.63) is 47.5 Å². The van der Waals surface area contributed by atoms with Gasteiger partial charge in [0, 0.05) is 5.02 Å². The summed E-state index contributed by atoms with van der Waals surface area (Å²) in [5, 5.41) is 27.7. The van der Waals surface area contributed by atoms with Crippen LogP contribution in [0.5, 0.6) is 5.75 Å². The second kappa shape index (κ2) is 8.88. The number of hydrogen-bond donors (Lipinski definition) is 3. The maximum atomic E-state index is 11.4. The standard InChI is InChI=1S/C23H24ClN5O3/c24-17-5-1-13(2-6-17)14-4-8-19(22-26-28-29-27-22)21(11-14)32-18-7-3-15-12-25-20(23(30)31)10-16(15)9-18/h1-2,4-6,8,11,15-16,18,20,25H,3,7,9-10,12H2,(H,30,31)(H,26,27,28,29)/t15-,16+,18-,20-/m0/s1. The van der Waals surface area contributed by atoms with Gasteiger partial charge in [0.15, 0.2) is 0 Å². The number of halogens is 1. The summed E-state index contributed by atoms with van der Waals surface area (Å²) < 4.78 is 6.53. The second-order valence-corrected chi connectivity index (χ2v) is 9.00. The van der Waals surface area contributed by atoms with Gasteiger partial charge in [0.2, 0.25) is 5.82 Å². The summed E-state index contributed by atoms with van der Waals surface area (Å²) in [6.45, 7) is 0.758.